The van der Waals surface area contributed by atoms with Crippen molar-refractivity contribution in [1.29, 1.82) is 0 Å². The molecule has 0 spiro atoms. The van der Waals surface area contributed by atoms with E-state index < -0.39 is 16.5 Å². The van der Waals surface area contributed by atoms with Gasteiger partial charge in [0.15, 0.2) is 0 Å². The van der Waals surface area contributed by atoms with E-state index in [2.05, 4.69) is 6.92 Å². The monoisotopic (exact) mass is 288 g/mol. The maximum Gasteiger partial charge on any atom is 0.345 e. The highest BCUT2D eigenvalue weighted by atomic mass is 16.6. The first-order chi connectivity index (χ1) is 9.40. The fourth-order valence-corrected chi connectivity index (χ4v) is 2.13. The normalized spacial score (nSPS) is 13.9. The fraction of sp³-hybridized carbons (Fsp3) is 0.867. The van der Waals surface area contributed by atoms with Gasteiger partial charge in [0.1, 0.15) is 13.6 Å². The Labute approximate surface area is 122 Å². The number of amides is 1. The summed E-state index contributed by atoms with van der Waals surface area (Å²) in [4.78, 5) is 22.1. The smallest absolute Gasteiger partial charge is 0.345 e. The summed E-state index contributed by atoms with van der Waals surface area (Å²) in [6, 6.07) is 0. The molecular formula is C15H30NO4+. The number of hydroxylamine groups is 3. The number of carbonyl (C=O) groups excluding carboxylic acids is 1. The molecule has 1 amide bonds. The van der Waals surface area contributed by atoms with Crippen LogP contribution in [-0.2, 0) is 9.59 Å². The molecule has 0 aromatic rings. The third kappa shape index (κ3) is 9.92. The SMILES string of the molecule is CCCCCCCCCC[N+](C)(O)C(=O)CCC(=O)O. The molecule has 0 fully saturated rings. The highest BCUT2D eigenvalue weighted by Crippen LogP contribution is 2.11. The van der Waals surface area contributed by atoms with Gasteiger partial charge in [-0.3, -0.25) is 4.79 Å². The van der Waals surface area contributed by atoms with Gasteiger partial charge >= 0.3 is 11.9 Å². The van der Waals surface area contributed by atoms with Crippen molar-refractivity contribution in [3.63, 3.8) is 0 Å². The minimum Gasteiger partial charge on any atom is -0.481 e. The molecule has 1 atom stereocenters. The van der Waals surface area contributed by atoms with Gasteiger partial charge in [-0.1, -0.05) is 45.4 Å². The van der Waals surface area contributed by atoms with Gasteiger partial charge in [-0.05, 0) is 12.8 Å². The molecule has 0 radical (unpaired) electrons. The maximum absolute atomic E-state index is 11.7. The molecule has 1 unspecified atom stereocenters. The van der Waals surface area contributed by atoms with Crippen LogP contribution in [0.1, 0.15) is 71.1 Å². The number of unbranched alkanes of at least 4 members (excludes halogenated alkanes) is 7. The van der Waals surface area contributed by atoms with Crippen LogP contribution in [0, 0.1) is 0 Å². The minimum atomic E-state index is -1.01. The Kier molecular flexibility index (Phi) is 10.3. The summed E-state index contributed by atoms with van der Waals surface area (Å²) < 4.78 is -0.691. The van der Waals surface area contributed by atoms with Gasteiger partial charge < -0.3 is 5.11 Å². The van der Waals surface area contributed by atoms with Gasteiger partial charge in [-0.15, -0.1) is 4.65 Å². The topological polar surface area (TPSA) is 74.6 Å². The first kappa shape index (κ1) is 19.1. The lowest BCUT2D eigenvalue weighted by Crippen LogP contribution is -2.46. The average Bonchev–Trinajstić information content (AvgIpc) is 2.38. The minimum absolute atomic E-state index is 0.112. The second kappa shape index (κ2) is 10.8. The van der Waals surface area contributed by atoms with Crippen LogP contribution in [0.5, 0.6) is 0 Å². The van der Waals surface area contributed by atoms with Crippen LogP contribution < -0.4 is 0 Å². The zero-order valence-electron chi connectivity index (χ0n) is 12.9. The standard InChI is InChI=1S/C15H29NO4/c1-3-4-5-6-7-8-9-10-13-16(2,20)14(17)11-12-15(18)19/h20H,3-13H2,1-2H3/p+1. The van der Waals surface area contributed by atoms with Crippen molar-refractivity contribution in [3.05, 3.63) is 0 Å². The van der Waals surface area contributed by atoms with E-state index in [4.69, 9.17) is 5.11 Å². The number of hydrogen-bond donors (Lipinski definition) is 2. The number of carbonyl (C=O) groups is 2. The predicted molar refractivity (Wildman–Crippen MR) is 77.3 cm³/mol. The van der Waals surface area contributed by atoms with Crippen molar-refractivity contribution in [2.24, 2.45) is 0 Å². The van der Waals surface area contributed by atoms with Crippen LogP contribution in [0.3, 0.4) is 0 Å². The van der Waals surface area contributed by atoms with Gasteiger partial charge in [0, 0.05) is 0 Å². The summed E-state index contributed by atoms with van der Waals surface area (Å²) in [6.07, 6.45) is 8.91. The number of carboxylic acids is 1. The van der Waals surface area contributed by atoms with E-state index in [1.807, 2.05) is 0 Å². The Balaban J connectivity index is 3.65. The predicted octanol–water partition coefficient (Wildman–Crippen LogP) is 3.35. The summed E-state index contributed by atoms with van der Waals surface area (Å²) in [5.74, 6) is -1.43. The highest BCUT2D eigenvalue weighted by molar-refractivity contribution is 5.75. The first-order valence-corrected chi connectivity index (χ1v) is 7.73. The third-order valence-corrected chi connectivity index (χ3v) is 3.54. The van der Waals surface area contributed by atoms with Crippen molar-refractivity contribution >= 4 is 11.9 Å². The highest BCUT2D eigenvalue weighted by Gasteiger charge is 2.29. The van der Waals surface area contributed by atoms with E-state index in [1.165, 1.54) is 39.2 Å². The number of rotatable bonds is 12. The van der Waals surface area contributed by atoms with Crippen molar-refractivity contribution in [3.8, 4) is 0 Å². The molecule has 20 heavy (non-hydrogen) atoms. The molecule has 5 heteroatoms. The Morgan fingerprint density at radius 1 is 0.900 bits per heavy atom. The van der Waals surface area contributed by atoms with Gasteiger partial charge in [0.05, 0.1) is 12.8 Å². The molecule has 2 N–H and O–H groups in total. The molecule has 118 valence electrons. The molecule has 0 aromatic carbocycles. The summed E-state index contributed by atoms with van der Waals surface area (Å²) in [6.45, 7) is 2.56. The number of nitrogens with zero attached hydrogens (tertiary/aromatic N) is 1. The fourth-order valence-electron chi connectivity index (χ4n) is 2.13. The largest absolute Gasteiger partial charge is 0.481 e. The van der Waals surface area contributed by atoms with Crippen molar-refractivity contribution in [1.82, 2.24) is 0 Å². The quantitative estimate of drug-likeness (QED) is 0.250. The molecule has 0 aliphatic carbocycles. The molecular weight excluding hydrogens is 258 g/mol. The lowest BCUT2D eigenvalue weighted by molar-refractivity contribution is -1.02. The Morgan fingerprint density at radius 3 is 1.90 bits per heavy atom. The Bertz CT molecular complexity index is 290. The zero-order chi connectivity index (χ0) is 15.4. The van der Waals surface area contributed by atoms with Gasteiger partial charge in [0.25, 0.3) is 0 Å². The molecule has 0 rings (SSSR count). The number of hydrogen-bond acceptors (Lipinski definition) is 3. The molecule has 0 bridgehead atoms. The van der Waals surface area contributed by atoms with Crippen LogP contribution in [0.15, 0.2) is 0 Å². The van der Waals surface area contributed by atoms with Crippen LogP contribution in [0.2, 0.25) is 0 Å². The first-order valence-electron chi connectivity index (χ1n) is 7.73. The summed E-state index contributed by atoms with van der Waals surface area (Å²) in [7, 11) is 1.44. The number of quaternary nitrogens is 1. The molecule has 5 nitrogen and oxygen atoms in total. The second-order valence-electron chi connectivity index (χ2n) is 5.63. The molecule has 0 heterocycles. The lowest BCUT2D eigenvalue weighted by Gasteiger charge is -2.22. The van der Waals surface area contributed by atoms with Gasteiger partial charge in [-0.25, -0.2) is 10.0 Å². The average molecular weight is 288 g/mol. The van der Waals surface area contributed by atoms with Crippen molar-refractivity contribution < 1.29 is 24.5 Å². The van der Waals surface area contributed by atoms with Crippen molar-refractivity contribution in [2.45, 2.75) is 71.1 Å². The molecule has 0 saturated carbocycles. The van der Waals surface area contributed by atoms with Crippen LogP contribution in [-0.4, -0.2) is 40.4 Å². The Hall–Kier alpha value is -0.940. The van der Waals surface area contributed by atoms with E-state index in [0.717, 1.165) is 19.3 Å². The van der Waals surface area contributed by atoms with E-state index in [1.54, 1.807) is 0 Å². The van der Waals surface area contributed by atoms with Crippen molar-refractivity contribution in [2.75, 3.05) is 13.6 Å². The van der Waals surface area contributed by atoms with Gasteiger partial charge in [0.2, 0.25) is 0 Å². The van der Waals surface area contributed by atoms with Gasteiger partial charge in [-0.2, -0.15) is 0 Å². The zero-order valence-corrected chi connectivity index (χ0v) is 12.9. The van der Waals surface area contributed by atoms with Crippen LogP contribution >= 0.6 is 0 Å². The van der Waals surface area contributed by atoms with E-state index >= 15 is 0 Å². The molecule has 0 aliphatic heterocycles. The summed E-state index contributed by atoms with van der Waals surface area (Å²) >= 11 is 0. The third-order valence-electron chi connectivity index (χ3n) is 3.54. The maximum atomic E-state index is 11.7. The molecule has 0 aliphatic rings. The van der Waals surface area contributed by atoms with E-state index in [-0.39, 0.29) is 12.8 Å². The second-order valence-corrected chi connectivity index (χ2v) is 5.63. The van der Waals surface area contributed by atoms with Crippen LogP contribution in [0.25, 0.3) is 0 Å². The Morgan fingerprint density at radius 2 is 1.40 bits per heavy atom. The summed E-state index contributed by atoms with van der Waals surface area (Å²) in [5.41, 5.74) is 0. The molecule has 0 aromatic heterocycles. The number of carboxylic acid groups (broad SMARTS) is 1. The number of aliphatic carboxylic acids is 1. The van der Waals surface area contributed by atoms with E-state index in [9.17, 15) is 14.8 Å². The molecule has 0 saturated heterocycles. The van der Waals surface area contributed by atoms with E-state index in [0.29, 0.717) is 6.54 Å². The van der Waals surface area contributed by atoms with Crippen LogP contribution in [0.4, 0.5) is 0 Å². The summed E-state index contributed by atoms with van der Waals surface area (Å²) in [5, 5.41) is 18.5. The lowest BCUT2D eigenvalue weighted by atomic mass is 10.1.